The number of fused-ring (bicyclic) bond motifs is 16. The molecule has 0 aliphatic carbocycles. The zero-order valence-electron chi connectivity index (χ0n) is 40.4. The van der Waals surface area contributed by atoms with Crippen LogP contribution in [0.3, 0.4) is 0 Å². The molecule has 5 nitrogen and oxygen atoms in total. The minimum Gasteiger partial charge on any atom is -0.458 e. The van der Waals surface area contributed by atoms with Gasteiger partial charge in [-0.2, -0.15) is 0 Å². The van der Waals surface area contributed by atoms with Gasteiger partial charge in [0.05, 0.1) is 27.8 Å². The van der Waals surface area contributed by atoms with Gasteiger partial charge in [0.1, 0.15) is 11.5 Å². The van der Waals surface area contributed by atoms with E-state index in [2.05, 4.69) is 262 Å². The van der Waals surface area contributed by atoms with E-state index < -0.39 is 0 Å². The lowest BCUT2D eigenvalue weighted by atomic mass is 9.30. The van der Waals surface area contributed by atoms with E-state index in [0.29, 0.717) is 0 Å². The van der Waals surface area contributed by atoms with Crippen LogP contribution in [0.5, 0.6) is 11.5 Å². The van der Waals surface area contributed by atoms with E-state index in [1.54, 1.807) is 0 Å². The van der Waals surface area contributed by atoms with E-state index in [0.717, 1.165) is 51.2 Å². The van der Waals surface area contributed by atoms with Gasteiger partial charge >= 0.3 is 0 Å². The van der Waals surface area contributed by atoms with Crippen molar-refractivity contribution in [2.45, 2.75) is 6.92 Å². The number of hydrogen-bond acceptors (Lipinski definition) is 3. The molecule has 17 rings (SSSR count). The fourth-order valence-electron chi connectivity index (χ4n) is 13.9. The normalized spacial score (nSPS) is 13.2. The van der Waals surface area contributed by atoms with Crippen molar-refractivity contribution in [1.29, 1.82) is 0 Å². The Bertz CT molecular complexity index is 4510. The van der Waals surface area contributed by atoms with Crippen LogP contribution in [0.1, 0.15) is 5.56 Å². The predicted molar refractivity (Wildman–Crippen MR) is 310 cm³/mol. The molecule has 0 bridgehead atoms. The molecule has 0 spiro atoms. The summed E-state index contributed by atoms with van der Waals surface area (Å²) in [7, 11) is 0. The molecule has 6 heterocycles. The Morgan fingerprint density at radius 1 is 0.432 bits per heavy atom. The summed E-state index contributed by atoms with van der Waals surface area (Å²) in [6, 6.07) is 87.3. The van der Waals surface area contributed by atoms with Gasteiger partial charge < -0.3 is 23.7 Å². The number of ether oxygens (including phenoxy) is 1. The van der Waals surface area contributed by atoms with Gasteiger partial charge in [-0.25, -0.2) is 0 Å². The Morgan fingerprint density at radius 3 is 1.58 bits per heavy atom. The van der Waals surface area contributed by atoms with Gasteiger partial charge in [0, 0.05) is 66.9 Å². The topological polar surface area (TPSA) is 25.6 Å². The molecule has 2 aromatic heterocycles. The van der Waals surface area contributed by atoms with Crippen LogP contribution in [0.2, 0.25) is 0 Å². The van der Waals surface area contributed by atoms with E-state index in [1.807, 2.05) is 0 Å². The standard InChI is InChI=1S/C67H42B2N4O/c1-41-64-51(39-52-67(41)74-59-38-48(42-22-6-2-7-23-42)60-46-30-14-18-34-53(46)72-56-37-21-17-33-50(56)69(52)63(59)65(60)72)68-49-32-16-20-36-55(49)73-54-35-19-15-31-47(54)61-57(70(43-24-8-3-9-25-43)44-26-10-4-11-27-44)40-58(62(68)66(61)73)71(64)45-28-12-5-13-29-45/h2-40H,1H3. The number of anilines is 6. The number of para-hydroxylation sites is 7. The van der Waals surface area contributed by atoms with Crippen molar-refractivity contribution in [3.8, 4) is 34.0 Å². The largest absolute Gasteiger partial charge is 0.458 e. The minimum atomic E-state index is -0.0948. The van der Waals surface area contributed by atoms with Crippen LogP contribution in [0.25, 0.3) is 66.1 Å². The van der Waals surface area contributed by atoms with Crippen molar-refractivity contribution in [1.82, 2.24) is 9.13 Å². The molecule has 0 amide bonds. The minimum absolute atomic E-state index is 0.0809. The maximum atomic E-state index is 7.67. The Morgan fingerprint density at radius 2 is 0.946 bits per heavy atom. The summed E-state index contributed by atoms with van der Waals surface area (Å²) in [5, 5.41) is 4.98. The van der Waals surface area contributed by atoms with Gasteiger partial charge in [-0.1, -0.05) is 164 Å². The van der Waals surface area contributed by atoms with Crippen LogP contribution in [-0.2, 0) is 0 Å². The van der Waals surface area contributed by atoms with Gasteiger partial charge in [0.2, 0.25) is 0 Å². The SMILES string of the molecule is Cc1c2c(cc3c1N(c1ccccc1)c1cc(N(c4ccccc4)c4ccccc4)c4c5ccccc5n5c4c1B3c1ccccc1-5)B1c3ccccc3-n3c4ccccc4c4c(-c5ccccc5)cc(c1c43)O2. The number of nitrogens with zero attached hydrogens (tertiary/aromatic N) is 4. The first-order valence-corrected chi connectivity index (χ1v) is 25.8. The number of hydrogen-bond donors (Lipinski definition) is 0. The fourth-order valence-corrected chi connectivity index (χ4v) is 13.9. The first-order chi connectivity index (χ1) is 36.7. The van der Waals surface area contributed by atoms with Crippen LogP contribution in [-0.4, -0.2) is 22.6 Å². The molecule has 0 N–H and O–H groups in total. The molecular weight excluding hydrogens is 898 g/mol. The highest BCUT2D eigenvalue weighted by atomic mass is 16.5. The van der Waals surface area contributed by atoms with Gasteiger partial charge in [-0.15, -0.1) is 0 Å². The summed E-state index contributed by atoms with van der Waals surface area (Å²) < 4.78 is 12.8. The molecule has 342 valence electrons. The number of aromatic nitrogens is 2. The molecule has 4 aliphatic rings. The van der Waals surface area contributed by atoms with Crippen molar-refractivity contribution >= 4 is 124 Å². The third-order valence-electron chi connectivity index (χ3n) is 16.6. The molecule has 74 heavy (non-hydrogen) atoms. The first-order valence-electron chi connectivity index (χ1n) is 25.8. The zero-order valence-corrected chi connectivity index (χ0v) is 40.4. The second-order valence-electron chi connectivity index (χ2n) is 20.3. The van der Waals surface area contributed by atoms with Gasteiger partial charge in [0.15, 0.2) is 0 Å². The Hall–Kier alpha value is -9.45. The van der Waals surface area contributed by atoms with E-state index in [-0.39, 0.29) is 13.4 Å². The van der Waals surface area contributed by atoms with Crippen LogP contribution in [0.4, 0.5) is 34.1 Å². The Kier molecular flexibility index (Phi) is 8.04. The molecule has 0 atom stereocenters. The summed E-state index contributed by atoms with van der Waals surface area (Å²) in [5.74, 6) is 1.84. The summed E-state index contributed by atoms with van der Waals surface area (Å²) in [6.45, 7) is 2.14. The number of rotatable bonds is 5. The monoisotopic (exact) mass is 940 g/mol. The first kappa shape index (κ1) is 40.2. The third kappa shape index (κ3) is 5.15. The van der Waals surface area contributed by atoms with Crippen molar-refractivity contribution in [3.63, 3.8) is 0 Å². The average Bonchev–Trinajstić information content (AvgIpc) is 4.01. The molecule has 0 radical (unpaired) electrons. The van der Waals surface area contributed by atoms with Crippen molar-refractivity contribution in [3.05, 3.63) is 242 Å². The molecule has 0 fully saturated rings. The lowest BCUT2D eigenvalue weighted by Gasteiger charge is -2.43. The second-order valence-corrected chi connectivity index (χ2v) is 20.3. The van der Waals surface area contributed by atoms with E-state index >= 15 is 0 Å². The molecule has 13 aromatic rings. The van der Waals surface area contributed by atoms with Gasteiger partial charge in [0.25, 0.3) is 13.4 Å². The lowest BCUT2D eigenvalue weighted by Crippen LogP contribution is -2.64. The Labute approximate surface area is 428 Å². The van der Waals surface area contributed by atoms with E-state index in [1.165, 1.54) is 98.9 Å². The predicted octanol–water partition coefficient (Wildman–Crippen LogP) is 12.9. The summed E-state index contributed by atoms with van der Waals surface area (Å²) >= 11 is 0. The second kappa shape index (κ2) is 14.8. The quantitative estimate of drug-likeness (QED) is 0.161. The van der Waals surface area contributed by atoms with Crippen molar-refractivity contribution < 1.29 is 4.74 Å². The van der Waals surface area contributed by atoms with Gasteiger partial charge in [-0.05, 0) is 124 Å². The molecule has 4 aliphatic heterocycles. The van der Waals surface area contributed by atoms with Crippen molar-refractivity contribution in [2.24, 2.45) is 0 Å². The highest BCUT2D eigenvalue weighted by molar-refractivity contribution is 7.02. The summed E-state index contributed by atoms with van der Waals surface area (Å²) in [6.07, 6.45) is 0. The van der Waals surface area contributed by atoms with E-state index in [9.17, 15) is 0 Å². The molecule has 7 heteroatoms. The highest BCUT2D eigenvalue weighted by Gasteiger charge is 2.48. The Balaban J connectivity index is 1.02. The van der Waals surface area contributed by atoms with Crippen LogP contribution in [0.15, 0.2) is 237 Å². The third-order valence-corrected chi connectivity index (χ3v) is 16.6. The molecular formula is C67H42B2N4O. The molecule has 0 unspecified atom stereocenters. The maximum absolute atomic E-state index is 7.67. The smallest absolute Gasteiger partial charge is 0.256 e. The maximum Gasteiger partial charge on any atom is 0.256 e. The van der Waals surface area contributed by atoms with Crippen LogP contribution >= 0.6 is 0 Å². The van der Waals surface area contributed by atoms with Gasteiger partial charge in [-0.3, -0.25) is 0 Å². The highest BCUT2D eigenvalue weighted by Crippen LogP contribution is 2.52. The molecule has 0 saturated heterocycles. The lowest BCUT2D eigenvalue weighted by molar-refractivity contribution is 0.484. The fraction of sp³-hybridized carbons (Fsp3) is 0.0149. The summed E-state index contributed by atoms with van der Waals surface area (Å²) in [5.41, 5.74) is 25.1. The van der Waals surface area contributed by atoms with Crippen molar-refractivity contribution in [2.75, 3.05) is 9.80 Å². The van der Waals surface area contributed by atoms with E-state index in [4.69, 9.17) is 4.74 Å². The van der Waals surface area contributed by atoms with Crippen LogP contribution in [0, 0.1) is 6.92 Å². The summed E-state index contributed by atoms with van der Waals surface area (Å²) in [4.78, 5) is 5.03. The molecule has 0 saturated carbocycles. The molecule has 11 aromatic carbocycles. The average molecular weight is 941 g/mol. The number of benzene rings is 11. The van der Waals surface area contributed by atoms with Crippen LogP contribution < -0.4 is 47.3 Å². The zero-order chi connectivity index (χ0) is 48.3.